The van der Waals surface area contributed by atoms with Crippen LogP contribution in [-0.2, 0) is 37.5 Å². The molecule has 1 fully saturated rings. The van der Waals surface area contributed by atoms with Crippen molar-refractivity contribution in [3.05, 3.63) is 36.5 Å². The van der Waals surface area contributed by atoms with Gasteiger partial charge in [0.25, 0.3) is 7.82 Å². The summed E-state index contributed by atoms with van der Waals surface area (Å²) >= 11 is 0. The Morgan fingerprint density at radius 1 is 0.855 bits per heavy atom. The van der Waals surface area contributed by atoms with Crippen molar-refractivity contribution in [3.8, 4) is 0 Å². The van der Waals surface area contributed by atoms with Crippen LogP contribution in [0.4, 0.5) is 0 Å². The van der Waals surface area contributed by atoms with Crippen LogP contribution < -0.4 is 4.89 Å². The Hall–Kier alpha value is -2.18. The monoisotopic (exact) mass is 799 g/mol. The third-order valence-electron chi connectivity index (χ3n) is 9.50. The summed E-state index contributed by atoms with van der Waals surface area (Å²) in [7, 11) is 1.01. The number of ether oxygens (including phenoxy) is 2. The standard InChI is InChI=1S/C42H74NO11P/c1-6-8-10-11-12-13-14-15-16-17-23-27-42(48)54-36(34-53-55(49,50)52-31-30-43(3,4)5)33-51-41(47)26-22-19-18-21-25-37-38(40(46)32-39(37)45)29-28-35(44)24-20-9-7-2/h11-12,18,21,28-29,35-38,40,44,46H,6-10,13-17,19-20,22-27,30-34H2,1-5H3/b12-11-,21-18-,29-28+/t35-,36+,37+,38+,40+/m0/s1. The summed E-state index contributed by atoms with van der Waals surface area (Å²) in [4.78, 5) is 50.1. The molecule has 0 saturated heterocycles. The number of esters is 2. The SMILES string of the molecule is CCCC/C=C\CCCCCCCC(=O)O[C@H](COC(=O)CCC/C=C\C[C@H]1C(=O)C[C@@H](O)[C@@H]1/C=C/[C@@H](O)CCCCC)COP(=O)([O-])OCC[N+](C)(C)C. The van der Waals surface area contributed by atoms with Crippen molar-refractivity contribution in [1.29, 1.82) is 0 Å². The van der Waals surface area contributed by atoms with E-state index in [0.29, 0.717) is 43.1 Å². The van der Waals surface area contributed by atoms with Crippen molar-refractivity contribution in [3.63, 3.8) is 0 Å². The van der Waals surface area contributed by atoms with Crippen LogP contribution in [0, 0.1) is 11.8 Å². The number of carbonyl (C=O) groups excluding carboxylic acids is 3. The van der Waals surface area contributed by atoms with Crippen molar-refractivity contribution in [1.82, 2.24) is 0 Å². The number of aliphatic hydroxyl groups is 2. The minimum Gasteiger partial charge on any atom is -0.756 e. The first-order valence-corrected chi connectivity index (χ1v) is 22.3. The van der Waals surface area contributed by atoms with Gasteiger partial charge < -0.3 is 38.1 Å². The minimum absolute atomic E-state index is 0.00388. The zero-order valence-electron chi connectivity index (χ0n) is 34.6. The Bertz CT molecular complexity index is 1200. The number of Topliss-reactive ketones (excluding diaryl/α,β-unsaturated/α-hetero) is 1. The Morgan fingerprint density at radius 3 is 2.20 bits per heavy atom. The van der Waals surface area contributed by atoms with E-state index >= 15 is 0 Å². The third-order valence-corrected chi connectivity index (χ3v) is 10.5. The van der Waals surface area contributed by atoms with Crippen LogP contribution in [0.15, 0.2) is 36.5 Å². The first-order valence-electron chi connectivity index (χ1n) is 20.8. The lowest BCUT2D eigenvalue weighted by Gasteiger charge is -2.28. The van der Waals surface area contributed by atoms with Gasteiger partial charge in [-0.3, -0.25) is 18.9 Å². The molecular weight excluding hydrogens is 725 g/mol. The summed E-state index contributed by atoms with van der Waals surface area (Å²) in [6.45, 7) is 3.74. The lowest BCUT2D eigenvalue weighted by molar-refractivity contribution is -0.870. The Kier molecular flexibility index (Phi) is 27.7. The number of quaternary nitrogens is 1. The Morgan fingerprint density at radius 2 is 1.49 bits per heavy atom. The first-order chi connectivity index (χ1) is 26.2. The topological polar surface area (TPSA) is 169 Å². The molecule has 1 aliphatic rings. The lowest BCUT2D eigenvalue weighted by Crippen LogP contribution is -2.37. The molecule has 55 heavy (non-hydrogen) atoms. The van der Waals surface area contributed by atoms with E-state index in [9.17, 15) is 34.1 Å². The normalized spacial score (nSPS) is 20.1. The van der Waals surface area contributed by atoms with Crippen LogP contribution in [0.5, 0.6) is 0 Å². The van der Waals surface area contributed by atoms with Crippen LogP contribution in [-0.4, -0.2) is 98.2 Å². The summed E-state index contributed by atoms with van der Waals surface area (Å²) in [5, 5.41) is 20.7. The van der Waals surface area contributed by atoms with Gasteiger partial charge in [0.1, 0.15) is 25.5 Å². The third kappa shape index (κ3) is 27.2. The van der Waals surface area contributed by atoms with Gasteiger partial charge in [-0.2, -0.15) is 0 Å². The number of allylic oxidation sites excluding steroid dienone is 4. The fourth-order valence-electron chi connectivity index (χ4n) is 6.09. The zero-order chi connectivity index (χ0) is 41.0. The molecule has 0 aliphatic heterocycles. The highest BCUT2D eigenvalue weighted by Crippen LogP contribution is 2.38. The molecule has 1 aliphatic carbocycles. The molecule has 1 unspecified atom stereocenters. The molecule has 0 aromatic heterocycles. The predicted molar refractivity (Wildman–Crippen MR) is 214 cm³/mol. The molecule has 0 bridgehead atoms. The van der Waals surface area contributed by atoms with Crippen LogP contribution in [0.2, 0.25) is 0 Å². The van der Waals surface area contributed by atoms with Crippen molar-refractivity contribution < 1.29 is 57.1 Å². The predicted octanol–water partition coefficient (Wildman–Crippen LogP) is 7.31. The van der Waals surface area contributed by atoms with Crippen molar-refractivity contribution in [2.45, 2.75) is 154 Å². The van der Waals surface area contributed by atoms with E-state index in [2.05, 4.69) is 26.0 Å². The number of nitrogens with zero attached hydrogens (tertiary/aromatic N) is 1. The highest BCUT2D eigenvalue weighted by Gasteiger charge is 2.39. The molecule has 2 N–H and O–H groups in total. The number of unbranched alkanes of at least 4 members (excludes halogenated alkanes) is 10. The molecule has 0 amide bonds. The summed E-state index contributed by atoms with van der Waals surface area (Å²) in [6.07, 6.45) is 24.0. The molecule has 1 saturated carbocycles. The Labute approximate surface area is 331 Å². The van der Waals surface area contributed by atoms with Crippen LogP contribution in [0.3, 0.4) is 0 Å². The maximum Gasteiger partial charge on any atom is 0.306 e. The first kappa shape index (κ1) is 50.8. The second kappa shape index (κ2) is 30.0. The van der Waals surface area contributed by atoms with E-state index in [-0.39, 0.29) is 50.1 Å². The van der Waals surface area contributed by atoms with Crippen molar-refractivity contribution >= 4 is 25.5 Å². The van der Waals surface area contributed by atoms with E-state index in [0.717, 1.165) is 57.8 Å². The smallest absolute Gasteiger partial charge is 0.306 e. The molecule has 0 heterocycles. The summed E-state index contributed by atoms with van der Waals surface area (Å²) in [5.74, 6) is -1.76. The second-order valence-corrected chi connectivity index (χ2v) is 17.2. The van der Waals surface area contributed by atoms with E-state index in [1.165, 1.54) is 12.8 Å². The molecule has 12 nitrogen and oxygen atoms in total. The fraction of sp³-hybridized carbons (Fsp3) is 0.786. The highest BCUT2D eigenvalue weighted by molar-refractivity contribution is 7.45. The average molecular weight is 800 g/mol. The number of hydrogen-bond donors (Lipinski definition) is 2. The number of aliphatic hydroxyl groups excluding tert-OH is 2. The zero-order valence-corrected chi connectivity index (χ0v) is 35.5. The fourth-order valence-corrected chi connectivity index (χ4v) is 6.81. The van der Waals surface area contributed by atoms with Crippen LogP contribution in [0.1, 0.15) is 136 Å². The molecule has 13 heteroatoms. The van der Waals surface area contributed by atoms with Crippen molar-refractivity contribution in [2.24, 2.45) is 11.8 Å². The van der Waals surface area contributed by atoms with Gasteiger partial charge in [0.15, 0.2) is 6.10 Å². The lowest BCUT2D eigenvalue weighted by atomic mass is 9.90. The quantitative estimate of drug-likeness (QED) is 0.0225. The molecule has 0 spiro atoms. The molecule has 0 aromatic carbocycles. The van der Waals surface area contributed by atoms with Gasteiger partial charge in [-0.15, -0.1) is 0 Å². The molecule has 318 valence electrons. The van der Waals surface area contributed by atoms with Gasteiger partial charge in [-0.1, -0.05) is 102 Å². The molecule has 0 aromatic rings. The summed E-state index contributed by atoms with van der Waals surface area (Å²) < 4.78 is 33.7. The number of hydrogen-bond acceptors (Lipinski definition) is 11. The van der Waals surface area contributed by atoms with E-state index in [1.807, 2.05) is 33.3 Å². The van der Waals surface area contributed by atoms with E-state index < -0.39 is 44.7 Å². The van der Waals surface area contributed by atoms with Gasteiger partial charge in [0.05, 0.1) is 40.0 Å². The van der Waals surface area contributed by atoms with Crippen LogP contribution in [0.25, 0.3) is 0 Å². The number of carbonyl (C=O) groups is 3. The second-order valence-electron chi connectivity index (χ2n) is 15.8. The number of phosphoric ester groups is 1. The largest absolute Gasteiger partial charge is 0.756 e. The van der Waals surface area contributed by atoms with Gasteiger partial charge in [0, 0.05) is 31.1 Å². The van der Waals surface area contributed by atoms with E-state index in [4.69, 9.17) is 18.5 Å². The number of phosphoric acid groups is 1. The van der Waals surface area contributed by atoms with Gasteiger partial charge in [-0.05, 0) is 51.4 Å². The summed E-state index contributed by atoms with van der Waals surface area (Å²) in [5.41, 5.74) is 0. The van der Waals surface area contributed by atoms with Gasteiger partial charge in [-0.25, -0.2) is 0 Å². The van der Waals surface area contributed by atoms with Gasteiger partial charge in [0.2, 0.25) is 0 Å². The maximum absolute atomic E-state index is 12.6. The van der Waals surface area contributed by atoms with Gasteiger partial charge >= 0.3 is 11.9 Å². The molecular formula is C42H74NO11P. The number of rotatable bonds is 33. The van der Waals surface area contributed by atoms with E-state index in [1.54, 1.807) is 12.2 Å². The van der Waals surface area contributed by atoms with Crippen LogP contribution >= 0.6 is 7.82 Å². The molecule has 1 rings (SSSR count). The number of likely N-dealkylation sites (N-methyl/N-ethyl adjacent to an activating group) is 1. The average Bonchev–Trinajstić information content (AvgIpc) is 3.39. The Balaban J connectivity index is 2.55. The molecule has 6 atom stereocenters. The maximum atomic E-state index is 12.6. The number of ketones is 1. The minimum atomic E-state index is -4.69. The molecule has 0 radical (unpaired) electrons. The van der Waals surface area contributed by atoms with Crippen molar-refractivity contribution in [2.75, 3.05) is 47.5 Å². The highest BCUT2D eigenvalue weighted by atomic mass is 31.2. The summed E-state index contributed by atoms with van der Waals surface area (Å²) in [6, 6.07) is 0.